The quantitative estimate of drug-likeness (QED) is 0.513. The van der Waals surface area contributed by atoms with Crippen LogP contribution in [0.25, 0.3) is 0 Å². The third-order valence-corrected chi connectivity index (χ3v) is 11.0. The first-order chi connectivity index (χ1) is 6.20. The highest BCUT2D eigenvalue weighted by Gasteiger charge is 2.36. The van der Waals surface area contributed by atoms with E-state index in [1.807, 2.05) is 13.8 Å². The van der Waals surface area contributed by atoms with Crippen molar-refractivity contribution >= 4 is 64.9 Å². The SMILES string of the molecule is CC(C)O[P+]1=NP(Cl)(Cl)=NP(Cl)(Cl)=N1. The highest BCUT2D eigenvalue weighted by atomic mass is 35.9. The van der Waals surface area contributed by atoms with Crippen molar-refractivity contribution in [3.63, 3.8) is 0 Å². The van der Waals surface area contributed by atoms with E-state index in [-0.39, 0.29) is 6.10 Å². The topological polar surface area (TPSA) is 46.3 Å². The summed E-state index contributed by atoms with van der Waals surface area (Å²) in [5.74, 6) is -5.56. The average Bonchev–Trinajstić information content (AvgIpc) is 1.74. The lowest BCUT2D eigenvalue weighted by atomic mass is 10.5. The van der Waals surface area contributed by atoms with Crippen LogP contribution in [0.2, 0.25) is 0 Å². The Hall–Kier alpha value is 1.68. The van der Waals surface area contributed by atoms with E-state index in [9.17, 15) is 0 Å². The Labute approximate surface area is 103 Å². The summed E-state index contributed by atoms with van der Waals surface area (Å²) in [6.45, 7) is 3.70. The molecule has 1 atom stereocenters. The Balaban J connectivity index is 3.07. The van der Waals surface area contributed by atoms with Gasteiger partial charge in [-0.2, -0.15) is 4.52 Å². The van der Waals surface area contributed by atoms with Gasteiger partial charge in [-0.1, -0.05) is 0 Å². The first kappa shape index (κ1) is 13.7. The number of hydrogen-bond donors (Lipinski definition) is 0. The zero-order valence-electron chi connectivity index (χ0n) is 7.18. The summed E-state index contributed by atoms with van der Waals surface area (Å²) >= 11 is 23.3. The summed E-state index contributed by atoms with van der Waals surface area (Å²) in [5.41, 5.74) is 0. The molecule has 0 bridgehead atoms. The molecule has 1 heterocycles. The Bertz CT molecular complexity index is 360. The molecule has 0 N–H and O–H groups in total. The van der Waals surface area contributed by atoms with Crippen LogP contribution in [0.1, 0.15) is 13.8 Å². The number of rotatable bonds is 2. The molecule has 0 aromatic rings. The monoisotopic (exact) mass is 334 g/mol. The van der Waals surface area contributed by atoms with Crippen molar-refractivity contribution in [2.24, 2.45) is 13.5 Å². The van der Waals surface area contributed by atoms with E-state index in [1.54, 1.807) is 0 Å². The lowest BCUT2D eigenvalue weighted by Crippen LogP contribution is -1.93. The van der Waals surface area contributed by atoms with Crippen LogP contribution in [0, 0.1) is 0 Å². The molecule has 1 rings (SSSR count). The predicted molar refractivity (Wildman–Crippen MR) is 67.7 cm³/mol. The van der Waals surface area contributed by atoms with Gasteiger partial charge < -0.3 is 0 Å². The van der Waals surface area contributed by atoms with Crippen LogP contribution in [0.3, 0.4) is 0 Å². The van der Waals surface area contributed by atoms with Crippen molar-refractivity contribution < 1.29 is 4.52 Å². The minimum Gasteiger partial charge on any atom is -0.179 e. The Kier molecular flexibility index (Phi) is 4.81. The number of nitrogens with zero attached hydrogens (tertiary/aromatic N) is 3. The van der Waals surface area contributed by atoms with Crippen molar-refractivity contribution in [2.45, 2.75) is 20.0 Å². The second-order valence-corrected chi connectivity index (χ2v) is 14.0. The summed E-state index contributed by atoms with van der Waals surface area (Å²) in [6, 6.07) is 0. The smallest absolute Gasteiger partial charge is 0.179 e. The number of halogens is 4. The maximum atomic E-state index is 5.81. The van der Waals surface area contributed by atoms with Crippen molar-refractivity contribution in [3.8, 4) is 0 Å². The van der Waals surface area contributed by atoms with E-state index in [4.69, 9.17) is 49.5 Å². The van der Waals surface area contributed by atoms with E-state index in [2.05, 4.69) is 13.5 Å². The van der Waals surface area contributed by atoms with Gasteiger partial charge in [0, 0.05) is 9.03 Å². The average molecular weight is 336 g/mol. The summed E-state index contributed by atoms with van der Waals surface area (Å²) in [6.07, 6.45) is -0.0339. The lowest BCUT2D eigenvalue weighted by Gasteiger charge is -2.06. The molecule has 4 nitrogen and oxygen atoms in total. The maximum absolute atomic E-state index is 5.81. The van der Waals surface area contributed by atoms with Crippen LogP contribution >= 0.6 is 64.9 Å². The molecule has 0 spiro atoms. The summed E-state index contributed by atoms with van der Waals surface area (Å²) < 4.78 is 17.1. The Morgan fingerprint density at radius 1 is 1.14 bits per heavy atom. The molecule has 11 heteroatoms. The van der Waals surface area contributed by atoms with Gasteiger partial charge in [0.15, 0.2) is 0 Å². The van der Waals surface area contributed by atoms with Crippen LogP contribution in [-0.2, 0) is 4.52 Å². The Morgan fingerprint density at radius 3 is 2.14 bits per heavy atom. The van der Waals surface area contributed by atoms with E-state index in [0.717, 1.165) is 0 Å². The molecule has 0 aromatic heterocycles. The fourth-order valence-electron chi connectivity index (χ4n) is 0.598. The molecule has 0 amide bonds. The third kappa shape index (κ3) is 4.68. The summed E-state index contributed by atoms with van der Waals surface area (Å²) in [4.78, 5) is 0. The molecule has 82 valence electrons. The van der Waals surface area contributed by atoms with Gasteiger partial charge in [-0.15, -0.1) is 4.52 Å². The molecule has 0 saturated heterocycles. The molecule has 14 heavy (non-hydrogen) atoms. The first-order valence-electron chi connectivity index (χ1n) is 3.45. The van der Waals surface area contributed by atoms with Gasteiger partial charge in [-0.05, 0) is 58.8 Å². The fraction of sp³-hybridized carbons (Fsp3) is 1.00. The molecule has 0 radical (unpaired) electrons. The second-order valence-electron chi connectivity index (χ2n) is 2.59. The molecule has 0 aromatic carbocycles. The van der Waals surface area contributed by atoms with Gasteiger partial charge in [-0.3, -0.25) is 0 Å². The van der Waals surface area contributed by atoms with Gasteiger partial charge in [-0.25, -0.2) is 0 Å². The van der Waals surface area contributed by atoms with E-state index in [0.29, 0.717) is 0 Å². The highest BCUT2D eigenvalue weighted by molar-refractivity contribution is 8.20. The van der Waals surface area contributed by atoms with Crippen molar-refractivity contribution in [1.29, 1.82) is 0 Å². The van der Waals surface area contributed by atoms with Crippen molar-refractivity contribution in [1.82, 2.24) is 0 Å². The zero-order chi connectivity index (χ0) is 11.0. The predicted octanol–water partition coefficient (Wildman–Crippen LogP) is 6.77. The highest BCUT2D eigenvalue weighted by Crippen LogP contribution is 2.81. The zero-order valence-corrected chi connectivity index (χ0v) is 12.9. The van der Waals surface area contributed by atoms with E-state index >= 15 is 0 Å². The van der Waals surface area contributed by atoms with Gasteiger partial charge in [0.05, 0.1) is 0 Å². The van der Waals surface area contributed by atoms with E-state index < -0.39 is 19.9 Å². The van der Waals surface area contributed by atoms with Crippen LogP contribution in [0.5, 0.6) is 0 Å². The molecule has 1 unspecified atom stereocenters. The minimum absolute atomic E-state index is 0.0339. The van der Waals surface area contributed by atoms with Crippen LogP contribution in [0.15, 0.2) is 13.5 Å². The minimum atomic E-state index is -2.78. The molecule has 1 aliphatic heterocycles. The van der Waals surface area contributed by atoms with Crippen molar-refractivity contribution in [2.75, 3.05) is 0 Å². The van der Waals surface area contributed by atoms with Gasteiger partial charge in [0.1, 0.15) is 6.10 Å². The first-order valence-corrected chi connectivity index (χ1v) is 11.6. The van der Waals surface area contributed by atoms with Gasteiger partial charge in [0.2, 0.25) is 0 Å². The molecule has 0 aliphatic carbocycles. The van der Waals surface area contributed by atoms with Crippen LogP contribution in [0.4, 0.5) is 0 Å². The summed E-state index contributed by atoms with van der Waals surface area (Å²) in [7, 11) is -1.46. The van der Waals surface area contributed by atoms with E-state index in [1.165, 1.54) is 0 Å². The Morgan fingerprint density at radius 2 is 1.71 bits per heavy atom. The fourth-order valence-corrected chi connectivity index (χ4v) is 12.1. The lowest BCUT2D eigenvalue weighted by molar-refractivity contribution is 0.275. The molecule has 0 fully saturated rings. The standard InChI is InChI=1S/C3H7Cl4N3OP3/c1-3(2)11-12-8-13(4,5)10-14(6,7)9-12/h3H,1-2H3/q+1. The van der Waals surface area contributed by atoms with Crippen LogP contribution in [-0.4, -0.2) is 6.10 Å². The number of hydrogen-bond acceptors (Lipinski definition) is 4. The van der Waals surface area contributed by atoms with Crippen LogP contribution < -0.4 is 0 Å². The molecular formula is C3H7Cl4N3OP3+. The van der Waals surface area contributed by atoms with Gasteiger partial charge in [0.25, 0.3) is 0 Å². The molecular weight excluding hydrogens is 329 g/mol. The molecule has 1 aliphatic rings. The third-order valence-electron chi connectivity index (χ3n) is 0.889. The van der Waals surface area contributed by atoms with Crippen molar-refractivity contribution in [3.05, 3.63) is 0 Å². The maximum Gasteiger partial charge on any atom is 0.542 e. The van der Waals surface area contributed by atoms with Gasteiger partial charge >= 0.3 is 19.9 Å². The molecule has 0 saturated carbocycles. The summed E-state index contributed by atoms with van der Waals surface area (Å²) in [5, 5.41) is 0. The second kappa shape index (κ2) is 4.90. The normalized spacial score (nSPS) is 26.4. The largest absolute Gasteiger partial charge is 0.542 e.